The standard InChI is InChI=1S/C22H20Cl3N3O3S2/c1-22(2,3)28-20(30)18-15(25)11-6-5-7-14(17(11)33-18)26-21(32)27-19(29)12-8-10(23)9-13(24)16(12)31-4/h5-9H,1-4H3,(H,28,30)(H2,26,27,29,32). The summed E-state index contributed by atoms with van der Waals surface area (Å²) in [6.07, 6.45) is 0. The summed E-state index contributed by atoms with van der Waals surface area (Å²) in [5.41, 5.74) is 0.321. The van der Waals surface area contributed by atoms with Crippen LogP contribution in [0.4, 0.5) is 5.69 Å². The van der Waals surface area contributed by atoms with Gasteiger partial charge in [-0.3, -0.25) is 14.9 Å². The van der Waals surface area contributed by atoms with E-state index < -0.39 is 11.4 Å². The number of hydrogen-bond donors (Lipinski definition) is 3. The number of thiocarbonyl (C=S) groups is 1. The van der Waals surface area contributed by atoms with Crippen molar-refractivity contribution in [3.63, 3.8) is 0 Å². The largest absolute Gasteiger partial charge is 0.494 e. The van der Waals surface area contributed by atoms with Gasteiger partial charge in [-0.1, -0.05) is 46.9 Å². The number of thiophene rings is 1. The smallest absolute Gasteiger partial charge is 0.263 e. The predicted octanol–water partition coefficient (Wildman–Crippen LogP) is 6.53. The van der Waals surface area contributed by atoms with Gasteiger partial charge in [0.25, 0.3) is 11.8 Å². The number of halogens is 3. The van der Waals surface area contributed by atoms with E-state index in [0.717, 1.165) is 4.70 Å². The summed E-state index contributed by atoms with van der Waals surface area (Å²) >= 11 is 25.2. The lowest BCUT2D eigenvalue weighted by Crippen LogP contribution is -2.40. The maximum Gasteiger partial charge on any atom is 0.263 e. The van der Waals surface area contributed by atoms with Crippen LogP contribution in [0.3, 0.4) is 0 Å². The van der Waals surface area contributed by atoms with E-state index >= 15 is 0 Å². The lowest BCUT2D eigenvalue weighted by Gasteiger charge is -2.19. The van der Waals surface area contributed by atoms with Gasteiger partial charge in [0.05, 0.1) is 33.1 Å². The van der Waals surface area contributed by atoms with Gasteiger partial charge in [-0.25, -0.2) is 0 Å². The Morgan fingerprint density at radius 2 is 1.79 bits per heavy atom. The second-order valence-corrected chi connectivity index (χ2v) is 10.7. The van der Waals surface area contributed by atoms with Gasteiger partial charge in [0.15, 0.2) is 5.11 Å². The van der Waals surface area contributed by atoms with Crippen molar-refractivity contribution in [3.05, 3.63) is 55.8 Å². The number of rotatable bonds is 4. The number of anilines is 1. The summed E-state index contributed by atoms with van der Waals surface area (Å²) < 4.78 is 5.94. The number of carbonyl (C=O) groups is 2. The Morgan fingerprint density at radius 1 is 1.09 bits per heavy atom. The van der Waals surface area contributed by atoms with Crippen LogP contribution in [-0.2, 0) is 0 Å². The van der Waals surface area contributed by atoms with Gasteiger partial charge in [-0.15, -0.1) is 11.3 Å². The van der Waals surface area contributed by atoms with E-state index in [0.29, 0.717) is 21.0 Å². The highest BCUT2D eigenvalue weighted by atomic mass is 35.5. The maximum atomic E-state index is 12.8. The minimum atomic E-state index is -0.546. The molecule has 0 spiro atoms. The molecule has 33 heavy (non-hydrogen) atoms. The SMILES string of the molecule is COc1c(Cl)cc(Cl)cc1C(=O)NC(=S)Nc1cccc2c(Cl)c(C(=O)NC(C)(C)C)sc12. The Labute approximate surface area is 215 Å². The van der Waals surface area contributed by atoms with E-state index in [1.807, 2.05) is 26.8 Å². The zero-order chi connectivity index (χ0) is 24.5. The highest BCUT2D eigenvalue weighted by Gasteiger charge is 2.23. The molecule has 3 rings (SSSR count). The lowest BCUT2D eigenvalue weighted by atomic mass is 10.1. The Morgan fingerprint density at radius 3 is 2.42 bits per heavy atom. The number of hydrogen-bond acceptors (Lipinski definition) is 5. The molecule has 6 nitrogen and oxygen atoms in total. The van der Waals surface area contributed by atoms with Crippen LogP contribution in [0.1, 0.15) is 40.8 Å². The van der Waals surface area contributed by atoms with E-state index in [-0.39, 0.29) is 32.4 Å². The number of methoxy groups -OCH3 is 1. The number of ether oxygens (including phenoxy) is 1. The van der Waals surface area contributed by atoms with Crippen molar-refractivity contribution < 1.29 is 14.3 Å². The fourth-order valence-electron chi connectivity index (χ4n) is 2.99. The molecule has 0 aliphatic rings. The molecule has 3 aromatic rings. The van der Waals surface area contributed by atoms with Crippen molar-refractivity contribution in [2.45, 2.75) is 26.3 Å². The van der Waals surface area contributed by atoms with Crippen LogP contribution in [0.5, 0.6) is 5.75 Å². The van der Waals surface area contributed by atoms with Crippen LogP contribution in [0.25, 0.3) is 10.1 Å². The Kier molecular flexibility index (Phi) is 7.76. The van der Waals surface area contributed by atoms with Crippen molar-refractivity contribution in [2.75, 3.05) is 12.4 Å². The van der Waals surface area contributed by atoms with E-state index in [4.69, 9.17) is 51.8 Å². The molecule has 174 valence electrons. The number of amides is 2. The third kappa shape index (κ3) is 5.88. The van der Waals surface area contributed by atoms with Crippen LogP contribution in [0.15, 0.2) is 30.3 Å². The van der Waals surface area contributed by atoms with Crippen molar-refractivity contribution in [1.82, 2.24) is 10.6 Å². The van der Waals surface area contributed by atoms with Gasteiger partial charge in [0, 0.05) is 15.9 Å². The lowest BCUT2D eigenvalue weighted by molar-refractivity contribution is 0.0922. The number of carbonyl (C=O) groups excluding carboxylic acids is 2. The first-order chi connectivity index (χ1) is 15.4. The van der Waals surface area contributed by atoms with Crippen molar-refractivity contribution in [1.29, 1.82) is 0 Å². The first-order valence-electron chi connectivity index (χ1n) is 9.60. The predicted molar refractivity (Wildman–Crippen MR) is 141 cm³/mol. The van der Waals surface area contributed by atoms with E-state index in [1.165, 1.54) is 30.6 Å². The second-order valence-electron chi connectivity index (χ2n) is 8.01. The fourth-order valence-corrected chi connectivity index (χ4v) is 5.24. The van der Waals surface area contributed by atoms with Crippen molar-refractivity contribution in [3.8, 4) is 5.75 Å². The summed E-state index contributed by atoms with van der Waals surface area (Å²) in [5, 5.41) is 10.1. The third-order valence-electron chi connectivity index (χ3n) is 4.28. The average Bonchev–Trinajstić information content (AvgIpc) is 3.04. The maximum absolute atomic E-state index is 12.8. The minimum absolute atomic E-state index is 0.0378. The molecule has 3 N–H and O–H groups in total. The molecular weight excluding hydrogens is 525 g/mol. The second kappa shape index (κ2) is 10.0. The average molecular weight is 545 g/mol. The Balaban J connectivity index is 1.85. The molecule has 0 aliphatic carbocycles. The zero-order valence-electron chi connectivity index (χ0n) is 18.1. The highest BCUT2D eigenvalue weighted by Crippen LogP contribution is 2.39. The Bertz CT molecular complexity index is 1270. The molecule has 0 bridgehead atoms. The Hall–Kier alpha value is -2.10. The molecule has 2 aromatic carbocycles. The fraction of sp³-hybridized carbons (Fsp3) is 0.227. The summed E-state index contributed by atoms with van der Waals surface area (Å²) in [4.78, 5) is 25.8. The van der Waals surface area contributed by atoms with E-state index in [2.05, 4.69) is 16.0 Å². The molecule has 11 heteroatoms. The molecule has 0 aliphatic heterocycles. The topological polar surface area (TPSA) is 79.5 Å². The van der Waals surface area contributed by atoms with E-state index in [9.17, 15) is 9.59 Å². The van der Waals surface area contributed by atoms with Gasteiger partial charge in [0.2, 0.25) is 0 Å². The normalized spacial score (nSPS) is 11.2. The molecular formula is C22H20Cl3N3O3S2. The van der Waals surface area contributed by atoms with Gasteiger partial charge in [0.1, 0.15) is 10.6 Å². The summed E-state index contributed by atoms with van der Waals surface area (Å²) in [7, 11) is 1.40. The molecule has 0 saturated carbocycles. The highest BCUT2D eigenvalue weighted by molar-refractivity contribution is 7.80. The van der Waals surface area contributed by atoms with Crippen LogP contribution >= 0.6 is 58.4 Å². The minimum Gasteiger partial charge on any atom is -0.494 e. The quantitative estimate of drug-likeness (QED) is 0.326. The van der Waals surface area contributed by atoms with Gasteiger partial charge < -0.3 is 15.4 Å². The first kappa shape index (κ1) is 25.5. The zero-order valence-corrected chi connectivity index (χ0v) is 22.0. The molecule has 0 radical (unpaired) electrons. The van der Waals surface area contributed by atoms with Gasteiger partial charge >= 0.3 is 0 Å². The molecule has 1 heterocycles. The summed E-state index contributed by atoms with van der Waals surface area (Å²) in [6, 6.07) is 8.27. The van der Waals surface area contributed by atoms with Crippen LogP contribution in [-0.4, -0.2) is 29.6 Å². The van der Waals surface area contributed by atoms with Crippen molar-refractivity contribution >= 4 is 91.1 Å². The number of benzene rings is 2. The van der Waals surface area contributed by atoms with E-state index in [1.54, 1.807) is 12.1 Å². The van der Waals surface area contributed by atoms with Crippen LogP contribution in [0, 0.1) is 0 Å². The van der Waals surface area contributed by atoms with Crippen LogP contribution < -0.4 is 20.7 Å². The molecule has 0 fully saturated rings. The van der Waals surface area contributed by atoms with Gasteiger partial charge in [-0.2, -0.15) is 0 Å². The molecule has 1 aromatic heterocycles. The third-order valence-corrected chi connectivity index (χ3v) is 6.73. The molecule has 2 amide bonds. The number of nitrogens with one attached hydrogen (secondary N) is 3. The summed E-state index contributed by atoms with van der Waals surface area (Å²) in [6.45, 7) is 5.67. The van der Waals surface area contributed by atoms with Crippen molar-refractivity contribution in [2.24, 2.45) is 0 Å². The molecule has 0 atom stereocenters. The van der Waals surface area contributed by atoms with Gasteiger partial charge in [-0.05, 0) is 51.2 Å². The molecule has 0 unspecified atom stereocenters. The first-order valence-corrected chi connectivity index (χ1v) is 12.0. The monoisotopic (exact) mass is 543 g/mol. The number of fused-ring (bicyclic) bond motifs is 1. The summed E-state index contributed by atoms with van der Waals surface area (Å²) in [5.74, 6) is -0.626. The van der Waals surface area contributed by atoms with Crippen LogP contribution in [0.2, 0.25) is 15.1 Å². The molecule has 0 saturated heterocycles.